The maximum atomic E-state index is 11.6. The van der Waals surface area contributed by atoms with E-state index < -0.39 is 0 Å². The predicted molar refractivity (Wildman–Crippen MR) is 67.9 cm³/mol. The number of pyridine rings is 1. The van der Waals surface area contributed by atoms with Crippen molar-refractivity contribution in [3.8, 4) is 0 Å². The number of hydrogen-bond acceptors (Lipinski definition) is 4. The Morgan fingerprint density at radius 3 is 2.71 bits per heavy atom. The molecule has 0 amide bonds. The number of aromatic nitrogens is 1. The number of rotatable bonds is 4. The molecule has 17 heavy (non-hydrogen) atoms. The van der Waals surface area contributed by atoms with E-state index in [1.54, 1.807) is 18.3 Å². The first-order valence-electron chi connectivity index (χ1n) is 5.31. The number of halogens is 1. The number of nitrogens with zero attached hydrogens (tertiary/aromatic N) is 1. The van der Waals surface area contributed by atoms with Gasteiger partial charge in [0.05, 0.1) is 17.8 Å². The number of hydrogen-bond donors (Lipinski definition) is 0. The van der Waals surface area contributed by atoms with Gasteiger partial charge in [0.15, 0.2) is 0 Å². The summed E-state index contributed by atoms with van der Waals surface area (Å²) in [6, 6.07) is 3.23. The molecule has 0 N–H and O–H groups in total. The molecule has 0 saturated heterocycles. The number of carbonyl (C=O) groups is 1. The highest BCUT2D eigenvalue weighted by Gasteiger charge is 2.11. The van der Waals surface area contributed by atoms with E-state index in [9.17, 15) is 4.79 Å². The van der Waals surface area contributed by atoms with Crippen LogP contribution in [0.25, 0.3) is 0 Å². The van der Waals surface area contributed by atoms with Crippen LogP contribution in [-0.2, 0) is 9.47 Å². The minimum Gasteiger partial charge on any atom is -0.460 e. The van der Waals surface area contributed by atoms with E-state index in [0.717, 1.165) is 0 Å². The lowest BCUT2D eigenvalue weighted by Gasteiger charge is -2.19. The van der Waals surface area contributed by atoms with Crippen LogP contribution >= 0.6 is 15.9 Å². The Labute approximate surface area is 109 Å². The van der Waals surface area contributed by atoms with Gasteiger partial charge in [-0.25, -0.2) is 9.78 Å². The van der Waals surface area contributed by atoms with Gasteiger partial charge in [0.2, 0.25) is 0 Å². The molecular formula is C12H16BrNO3. The van der Waals surface area contributed by atoms with Gasteiger partial charge in [0.1, 0.15) is 11.2 Å². The van der Waals surface area contributed by atoms with E-state index in [1.807, 2.05) is 20.8 Å². The van der Waals surface area contributed by atoms with E-state index in [2.05, 4.69) is 20.9 Å². The van der Waals surface area contributed by atoms with Crippen LogP contribution < -0.4 is 0 Å². The summed E-state index contributed by atoms with van der Waals surface area (Å²) in [6.07, 6.45) is 1.55. The molecule has 0 unspecified atom stereocenters. The summed E-state index contributed by atoms with van der Waals surface area (Å²) in [5.41, 5.74) is 0.258. The first-order valence-corrected chi connectivity index (χ1v) is 6.10. The second kappa shape index (κ2) is 6.12. The Hall–Kier alpha value is -0.940. The molecule has 1 aromatic rings. The van der Waals surface area contributed by atoms with Crippen molar-refractivity contribution < 1.29 is 14.3 Å². The van der Waals surface area contributed by atoms with E-state index in [0.29, 0.717) is 16.8 Å². The Morgan fingerprint density at radius 1 is 1.41 bits per heavy atom. The quantitative estimate of drug-likeness (QED) is 0.487. The van der Waals surface area contributed by atoms with Gasteiger partial charge < -0.3 is 9.47 Å². The minimum absolute atomic E-state index is 0.216. The van der Waals surface area contributed by atoms with Crippen LogP contribution in [0.3, 0.4) is 0 Å². The topological polar surface area (TPSA) is 48.4 Å². The third-order valence-electron chi connectivity index (χ3n) is 1.81. The van der Waals surface area contributed by atoms with Gasteiger partial charge in [-0.05, 0) is 48.8 Å². The van der Waals surface area contributed by atoms with Crippen molar-refractivity contribution in [3.63, 3.8) is 0 Å². The molecule has 0 fully saturated rings. The van der Waals surface area contributed by atoms with E-state index in [-0.39, 0.29) is 18.2 Å². The van der Waals surface area contributed by atoms with Crippen molar-refractivity contribution in [2.45, 2.75) is 26.4 Å². The molecule has 5 heteroatoms. The molecule has 1 rings (SSSR count). The summed E-state index contributed by atoms with van der Waals surface area (Å²) in [6.45, 7) is 6.50. The van der Waals surface area contributed by atoms with Crippen LogP contribution in [0, 0.1) is 0 Å². The summed E-state index contributed by atoms with van der Waals surface area (Å²) in [4.78, 5) is 15.5. The molecule has 0 aromatic carbocycles. The van der Waals surface area contributed by atoms with E-state index >= 15 is 0 Å². The first-order chi connectivity index (χ1) is 7.88. The van der Waals surface area contributed by atoms with Gasteiger partial charge in [-0.1, -0.05) is 0 Å². The molecule has 0 radical (unpaired) electrons. The number of ether oxygens (including phenoxy) is 2. The third-order valence-corrected chi connectivity index (χ3v) is 2.25. The van der Waals surface area contributed by atoms with Crippen molar-refractivity contribution in [2.75, 3.05) is 13.2 Å². The van der Waals surface area contributed by atoms with Gasteiger partial charge in [0.25, 0.3) is 0 Å². The average molecular weight is 302 g/mol. The largest absolute Gasteiger partial charge is 0.460 e. The van der Waals surface area contributed by atoms with Crippen molar-refractivity contribution in [1.29, 1.82) is 0 Å². The lowest BCUT2D eigenvalue weighted by atomic mass is 10.2. The van der Waals surface area contributed by atoms with Gasteiger partial charge in [-0.2, -0.15) is 0 Å². The summed E-state index contributed by atoms with van der Waals surface area (Å²) in [5.74, 6) is -0.370. The summed E-state index contributed by atoms with van der Waals surface area (Å²) in [7, 11) is 0. The predicted octanol–water partition coefficient (Wildman–Crippen LogP) is 2.82. The van der Waals surface area contributed by atoms with Crippen LogP contribution in [0.2, 0.25) is 0 Å². The molecular weight excluding hydrogens is 286 g/mol. The highest BCUT2D eigenvalue weighted by molar-refractivity contribution is 9.10. The van der Waals surface area contributed by atoms with E-state index in [4.69, 9.17) is 9.47 Å². The zero-order chi connectivity index (χ0) is 12.9. The second-order valence-corrected chi connectivity index (χ2v) is 5.28. The lowest BCUT2D eigenvalue weighted by molar-refractivity contribution is -0.0281. The first kappa shape index (κ1) is 14.1. The minimum atomic E-state index is -0.370. The maximum Gasteiger partial charge on any atom is 0.338 e. The molecule has 1 heterocycles. The van der Waals surface area contributed by atoms with Gasteiger partial charge >= 0.3 is 5.97 Å². The Morgan fingerprint density at radius 2 is 2.12 bits per heavy atom. The van der Waals surface area contributed by atoms with Gasteiger partial charge in [0, 0.05) is 6.20 Å². The molecule has 0 saturated carbocycles. The highest BCUT2D eigenvalue weighted by atomic mass is 79.9. The molecule has 0 aliphatic rings. The lowest BCUT2D eigenvalue weighted by Crippen LogP contribution is -2.22. The Kier molecular flexibility index (Phi) is 5.08. The smallest absolute Gasteiger partial charge is 0.338 e. The molecule has 0 aliphatic heterocycles. The maximum absolute atomic E-state index is 11.6. The van der Waals surface area contributed by atoms with Crippen molar-refractivity contribution in [3.05, 3.63) is 28.5 Å². The van der Waals surface area contributed by atoms with Crippen LogP contribution in [0.4, 0.5) is 0 Å². The standard InChI is InChI=1S/C12H16BrNO3/c1-12(2,3)17-7-6-16-11(15)9-4-5-14-10(13)8-9/h4-5,8H,6-7H2,1-3H3. The molecule has 94 valence electrons. The van der Waals surface area contributed by atoms with Crippen molar-refractivity contribution in [1.82, 2.24) is 4.98 Å². The second-order valence-electron chi connectivity index (χ2n) is 4.46. The molecule has 0 bridgehead atoms. The van der Waals surface area contributed by atoms with Gasteiger partial charge in [-0.15, -0.1) is 0 Å². The fourth-order valence-corrected chi connectivity index (χ4v) is 1.46. The van der Waals surface area contributed by atoms with Crippen LogP contribution in [0.15, 0.2) is 22.9 Å². The van der Waals surface area contributed by atoms with E-state index in [1.165, 1.54) is 0 Å². The number of esters is 1. The Bertz CT molecular complexity index is 388. The Balaban J connectivity index is 2.36. The van der Waals surface area contributed by atoms with Crippen molar-refractivity contribution >= 4 is 21.9 Å². The highest BCUT2D eigenvalue weighted by Crippen LogP contribution is 2.10. The average Bonchev–Trinajstić information content (AvgIpc) is 2.23. The summed E-state index contributed by atoms with van der Waals surface area (Å²) < 4.78 is 11.1. The van der Waals surface area contributed by atoms with Crippen LogP contribution in [0.5, 0.6) is 0 Å². The zero-order valence-electron chi connectivity index (χ0n) is 10.2. The molecule has 0 atom stereocenters. The third kappa shape index (κ3) is 5.79. The normalized spacial score (nSPS) is 11.3. The van der Waals surface area contributed by atoms with Crippen molar-refractivity contribution in [2.24, 2.45) is 0 Å². The SMILES string of the molecule is CC(C)(C)OCCOC(=O)c1ccnc(Br)c1. The zero-order valence-corrected chi connectivity index (χ0v) is 11.8. The van der Waals surface area contributed by atoms with Crippen LogP contribution in [-0.4, -0.2) is 29.8 Å². The van der Waals surface area contributed by atoms with Crippen LogP contribution in [0.1, 0.15) is 31.1 Å². The molecule has 0 spiro atoms. The fourth-order valence-electron chi connectivity index (χ4n) is 1.09. The number of carbonyl (C=O) groups excluding carboxylic acids is 1. The summed E-state index contributed by atoms with van der Waals surface area (Å²) in [5, 5.41) is 0. The molecule has 0 aliphatic carbocycles. The summed E-state index contributed by atoms with van der Waals surface area (Å²) >= 11 is 3.19. The van der Waals surface area contributed by atoms with Gasteiger partial charge in [-0.3, -0.25) is 0 Å². The molecule has 1 aromatic heterocycles. The fraction of sp³-hybridized carbons (Fsp3) is 0.500. The monoisotopic (exact) mass is 301 g/mol. The molecule has 4 nitrogen and oxygen atoms in total.